The Labute approximate surface area is 137 Å². The van der Waals surface area contributed by atoms with E-state index < -0.39 is 0 Å². The van der Waals surface area contributed by atoms with Gasteiger partial charge in [0.2, 0.25) is 0 Å². The minimum absolute atomic E-state index is 0.819. The van der Waals surface area contributed by atoms with Gasteiger partial charge in [-0.15, -0.1) is 0 Å². The summed E-state index contributed by atoms with van der Waals surface area (Å²) < 4.78 is 5.87. The molecule has 0 radical (unpaired) electrons. The van der Waals surface area contributed by atoms with Gasteiger partial charge in [-0.2, -0.15) is 0 Å². The summed E-state index contributed by atoms with van der Waals surface area (Å²) in [5, 5.41) is 3.48. The van der Waals surface area contributed by atoms with Crippen LogP contribution >= 0.6 is 0 Å². The summed E-state index contributed by atoms with van der Waals surface area (Å²) in [7, 11) is 0. The summed E-state index contributed by atoms with van der Waals surface area (Å²) >= 11 is 0. The van der Waals surface area contributed by atoms with Crippen LogP contribution in [0.4, 0.5) is 0 Å². The Morgan fingerprint density at radius 2 is 1.35 bits per heavy atom. The Bertz CT molecular complexity index is 753. The number of aryl methyl sites for hydroxylation is 1. The van der Waals surface area contributed by atoms with Crippen LogP contribution in [-0.4, -0.2) is 0 Å². The van der Waals surface area contributed by atoms with Gasteiger partial charge in [0.25, 0.3) is 0 Å². The van der Waals surface area contributed by atoms with Gasteiger partial charge in [0.15, 0.2) is 0 Å². The molecule has 0 fully saturated rings. The summed E-state index contributed by atoms with van der Waals surface area (Å²) in [5.74, 6) is 1.73. The molecule has 0 aromatic heterocycles. The highest BCUT2D eigenvalue weighted by atomic mass is 16.5. The van der Waals surface area contributed by atoms with Gasteiger partial charge in [-0.1, -0.05) is 60.2 Å². The molecule has 0 heterocycles. The van der Waals surface area contributed by atoms with Crippen molar-refractivity contribution in [2.45, 2.75) is 20.0 Å². The van der Waals surface area contributed by atoms with E-state index in [1.165, 1.54) is 16.7 Å². The van der Waals surface area contributed by atoms with Crippen LogP contribution in [0.2, 0.25) is 0 Å². The van der Waals surface area contributed by atoms with Crippen molar-refractivity contribution in [2.24, 2.45) is 0 Å². The predicted octanol–water partition coefficient (Wildman–Crippen LogP) is 5.08. The number of nitrogens with one attached hydrogen (secondary N) is 1. The third-order valence-electron chi connectivity index (χ3n) is 3.62. The maximum Gasteiger partial charge on any atom is 0.127 e. The minimum atomic E-state index is 0.819. The van der Waals surface area contributed by atoms with E-state index in [-0.39, 0.29) is 0 Å². The van der Waals surface area contributed by atoms with Crippen molar-refractivity contribution < 1.29 is 4.74 Å². The van der Waals surface area contributed by atoms with Crippen molar-refractivity contribution in [2.75, 3.05) is 0 Å². The third kappa shape index (κ3) is 4.70. The molecular weight excluding hydrogens is 282 g/mol. The van der Waals surface area contributed by atoms with Gasteiger partial charge in [-0.25, -0.2) is 0 Å². The Hall–Kier alpha value is -2.58. The fourth-order valence-electron chi connectivity index (χ4n) is 2.52. The lowest BCUT2D eigenvalue weighted by molar-refractivity contribution is 0.481. The van der Waals surface area contributed by atoms with Crippen molar-refractivity contribution in [3.8, 4) is 11.5 Å². The molecule has 0 aliphatic rings. The molecule has 1 N–H and O–H groups in total. The summed E-state index contributed by atoms with van der Waals surface area (Å²) in [5.41, 5.74) is 3.82. The van der Waals surface area contributed by atoms with Crippen molar-refractivity contribution in [3.63, 3.8) is 0 Å². The first kappa shape index (κ1) is 15.3. The lowest BCUT2D eigenvalue weighted by atomic mass is 10.1. The molecule has 0 unspecified atom stereocenters. The van der Waals surface area contributed by atoms with Gasteiger partial charge < -0.3 is 10.1 Å². The smallest absolute Gasteiger partial charge is 0.127 e. The number of benzene rings is 3. The Morgan fingerprint density at radius 1 is 0.696 bits per heavy atom. The predicted molar refractivity (Wildman–Crippen MR) is 94.7 cm³/mol. The Kier molecular flexibility index (Phi) is 5.07. The summed E-state index contributed by atoms with van der Waals surface area (Å²) in [6.07, 6.45) is 0. The Morgan fingerprint density at radius 3 is 2.09 bits per heavy atom. The van der Waals surface area contributed by atoms with Crippen molar-refractivity contribution in [1.29, 1.82) is 0 Å². The Balaban J connectivity index is 1.57. The van der Waals surface area contributed by atoms with Crippen LogP contribution in [0.5, 0.6) is 11.5 Å². The molecule has 23 heavy (non-hydrogen) atoms. The molecule has 0 saturated heterocycles. The van der Waals surface area contributed by atoms with Crippen molar-refractivity contribution in [1.82, 2.24) is 5.32 Å². The van der Waals surface area contributed by atoms with Gasteiger partial charge in [0, 0.05) is 13.1 Å². The molecule has 0 saturated carbocycles. The van der Waals surface area contributed by atoms with Crippen LogP contribution in [0.3, 0.4) is 0 Å². The normalized spacial score (nSPS) is 10.5. The first-order valence-electron chi connectivity index (χ1n) is 7.88. The second-order valence-electron chi connectivity index (χ2n) is 5.66. The third-order valence-corrected chi connectivity index (χ3v) is 3.62. The van der Waals surface area contributed by atoms with Gasteiger partial charge in [-0.3, -0.25) is 0 Å². The zero-order valence-corrected chi connectivity index (χ0v) is 13.3. The molecule has 0 atom stereocenters. The molecule has 0 aliphatic heterocycles. The van der Waals surface area contributed by atoms with E-state index in [0.29, 0.717) is 0 Å². The number of para-hydroxylation sites is 1. The van der Waals surface area contributed by atoms with Gasteiger partial charge in [0.05, 0.1) is 0 Å². The fraction of sp³-hybridized carbons (Fsp3) is 0.143. The second kappa shape index (κ2) is 7.61. The molecule has 3 aromatic rings. The molecule has 0 aliphatic carbocycles. The fourth-order valence-corrected chi connectivity index (χ4v) is 2.52. The molecule has 0 bridgehead atoms. The van der Waals surface area contributed by atoms with Gasteiger partial charge in [0.1, 0.15) is 11.5 Å². The number of hydrogen-bond acceptors (Lipinski definition) is 2. The quantitative estimate of drug-likeness (QED) is 0.686. The van der Waals surface area contributed by atoms with Crippen LogP contribution in [0, 0.1) is 6.92 Å². The molecule has 116 valence electrons. The molecule has 2 heteroatoms. The summed E-state index contributed by atoms with van der Waals surface area (Å²) in [6.45, 7) is 3.80. The standard InChI is InChI=1S/C21H21NO/c1-17-7-5-8-18(13-17)15-22-16-19-9-6-12-21(14-19)23-20-10-3-2-4-11-20/h2-14,22H,15-16H2,1H3. The average molecular weight is 303 g/mol. The molecule has 2 nitrogen and oxygen atoms in total. The van der Waals surface area contributed by atoms with E-state index in [1.54, 1.807) is 0 Å². The molecule has 3 rings (SSSR count). The highest BCUT2D eigenvalue weighted by Gasteiger charge is 1.99. The first-order valence-corrected chi connectivity index (χ1v) is 7.88. The lowest BCUT2D eigenvalue weighted by Crippen LogP contribution is -2.12. The number of rotatable bonds is 6. The molecule has 0 amide bonds. The molecule has 3 aromatic carbocycles. The van der Waals surface area contributed by atoms with Crippen LogP contribution < -0.4 is 10.1 Å². The van der Waals surface area contributed by atoms with Crippen molar-refractivity contribution >= 4 is 0 Å². The van der Waals surface area contributed by atoms with Crippen LogP contribution in [0.15, 0.2) is 78.9 Å². The zero-order chi connectivity index (χ0) is 15.9. The number of hydrogen-bond donors (Lipinski definition) is 1. The maximum atomic E-state index is 5.87. The van der Waals surface area contributed by atoms with Crippen molar-refractivity contribution in [3.05, 3.63) is 95.6 Å². The van der Waals surface area contributed by atoms with E-state index in [4.69, 9.17) is 4.74 Å². The summed E-state index contributed by atoms with van der Waals surface area (Å²) in [4.78, 5) is 0. The highest BCUT2D eigenvalue weighted by Crippen LogP contribution is 2.21. The molecule has 0 spiro atoms. The monoisotopic (exact) mass is 303 g/mol. The van der Waals surface area contributed by atoms with Crippen LogP contribution in [0.25, 0.3) is 0 Å². The summed E-state index contributed by atoms with van der Waals surface area (Å²) in [6, 6.07) is 26.6. The van der Waals surface area contributed by atoms with E-state index in [0.717, 1.165) is 24.6 Å². The average Bonchev–Trinajstić information content (AvgIpc) is 2.56. The number of ether oxygens (including phenoxy) is 1. The highest BCUT2D eigenvalue weighted by molar-refractivity contribution is 5.33. The van der Waals surface area contributed by atoms with Crippen LogP contribution in [-0.2, 0) is 13.1 Å². The second-order valence-corrected chi connectivity index (χ2v) is 5.66. The zero-order valence-electron chi connectivity index (χ0n) is 13.3. The van der Waals surface area contributed by atoms with E-state index in [2.05, 4.69) is 48.6 Å². The maximum absolute atomic E-state index is 5.87. The van der Waals surface area contributed by atoms with Crippen LogP contribution in [0.1, 0.15) is 16.7 Å². The van der Waals surface area contributed by atoms with E-state index >= 15 is 0 Å². The minimum Gasteiger partial charge on any atom is -0.457 e. The van der Waals surface area contributed by atoms with Gasteiger partial charge in [-0.05, 0) is 42.3 Å². The first-order chi connectivity index (χ1) is 11.3. The topological polar surface area (TPSA) is 21.3 Å². The SMILES string of the molecule is Cc1cccc(CNCc2cccc(Oc3ccccc3)c2)c1. The molecular formula is C21H21NO. The van der Waals surface area contributed by atoms with E-state index in [1.807, 2.05) is 42.5 Å². The van der Waals surface area contributed by atoms with E-state index in [9.17, 15) is 0 Å². The largest absolute Gasteiger partial charge is 0.457 e. The van der Waals surface area contributed by atoms with Gasteiger partial charge >= 0.3 is 0 Å². The lowest BCUT2D eigenvalue weighted by Gasteiger charge is -2.09.